The maximum Gasteiger partial charge on any atom is 0.0651 e. The predicted molar refractivity (Wildman–Crippen MR) is 50.1 cm³/mol. The summed E-state index contributed by atoms with van der Waals surface area (Å²) in [5, 5.41) is 0. The SMILES string of the molecule is CC(C)C(C)OCC=CCCl. The van der Waals surface area contributed by atoms with Crippen molar-refractivity contribution in [2.24, 2.45) is 5.92 Å². The Kier molecular flexibility index (Phi) is 6.68. The molecule has 0 aromatic heterocycles. The summed E-state index contributed by atoms with van der Waals surface area (Å²) < 4.78 is 5.46. The molecular weight excluding hydrogens is 160 g/mol. The summed E-state index contributed by atoms with van der Waals surface area (Å²) in [6.07, 6.45) is 4.18. The molecule has 2 heteroatoms. The molecule has 11 heavy (non-hydrogen) atoms. The van der Waals surface area contributed by atoms with Crippen LogP contribution in [0.25, 0.3) is 0 Å². The van der Waals surface area contributed by atoms with E-state index in [0.717, 1.165) is 0 Å². The monoisotopic (exact) mass is 176 g/mol. The fraction of sp³-hybridized carbons (Fsp3) is 0.778. The highest BCUT2D eigenvalue weighted by Crippen LogP contribution is 2.04. The zero-order valence-electron chi connectivity index (χ0n) is 7.51. The molecule has 66 valence electrons. The van der Waals surface area contributed by atoms with Gasteiger partial charge in [0.25, 0.3) is 0 Å². The molecule has 0 aliphatic heterocycles. The van der Waals surface area contributed by atoms with Gasteiger partial charge in [-0.05, 0) is 12.8 Å². The Morgan fingerprint density at radius 2 is 1.91 bits per heavy atom. The van der Waals surface area contributed by atoms with E-state index in [0.29, 0.717) is 24.5 Å². The number of hydrogen-bond acceptors (Lipinski definition) is 1. The zero-order chi connectivity index (χ0) is 8.69. The number of allylic oxidation sites excluding steroid dienone is 1. The van der Waals surface area contributed by atoms with Gasteiger partial charge >= 0.3 is 0 Å². The van der Waals surface area contributed by atoms with Gasteiger partial charge < -0.3 is 4.74 Å². The molecule has 0 aromatic carbocycles. The highest BCUT2D eigenvalue weighted by atomic mass is 35.5. The van der Waals surface area contributed by atoms with Crippen LogP contribution in [0.5, 0.6) is 0 Å². The van der Waals surface area contributed by atoms with E-state index >= 15 is 0 Å². The smallest absolute Gasteiger partial charge is 0.0651 e. The zero-order valence-corrected chi connectivity index (χ0v) is 8.27. The molecule has 1 nitrogen and oxygen atoms in total. The second kappa shape index (κ2) is 6.68. The van der Waals surface area contributed by atoms with Crippen molar-refractivity contribution in [2.75, 3.05) is 12.5 Å². The highest BCUT2D eigenvalue weighted by Gasteiger charge is 2.04. The molecule has 0 amide bonds. The number of hydrogen-bond donors (Lipinski definition) is 0. The van der Waals surface area contributed by atoms with Crippen LogP contribution in [0.1, 0.15) is 20.8 Å². The standard InChI is InChI=1S/C9H17ClO/c1-8(2)9(3)11-7-5-4-6-10/h4-5,8-9H,6-7H2,1-3H3. The summed E-state index contributed by atoms with van der Waals surface area (Å²) in [5.41, 5.74) is 0. The van der Waals surface area contributed by atoms with E-state index in [1.54, 1.807) is 0 Å². The summed E-state index contributed by atoms with van der Waals surface area (Å²) in [6.45, 7) is 7.05. The van der Waals surface area contributed by atoms with Gasteiger partial charge in [-0.25, -0.2) is 0 Å². The van der Waals surface area contributed by atoms with E-state index in [-0.39, 0.29) is 0 Å². The molecule has 0 bridgehead atoms. The molecule has 0 heterocycles. The Balaban J connectivity index is 3.31. The molecule has 0 N–H and O–H groups in total. The van der Waals surface area contributed by atoms with Crippen molar-refractivity contribution in [3.63, 3.8) is 0 Å². The summed E-state index contributed by atoms with van der Waals surface area (Å²) >= 11 is 5.44. The second-order valence-corrected chi connectivity index (χ2v) is 3.22. The van der Waals surface area contributed by atoms with Gasteiger partial charge in [-0.1, -0.05) is 26.0 Å². The molecule has 0 saturated heterocycles. The fourth-order valence-electron chi connectivity index (χ4n) is 0.531. The minimum absolute atomic E-state index is 0.329. The van der Waals surface area contributed by atoms with Crippen LogP contribution in [-0.2, 0) is 4.74 Å². The maximum atomic E-state index is 5.46. The molecule has 1 unspecified atom stereocenters. The molecule has 0 aliphatic carbocycles. The van der Waals surface area contributed by atoms with Crippen LogP contribution in [0.4, 0.5) is 0 Å². The van der Waals surface area contributed by atoms with E-state index in [1.165, 1.54) is 0 Å². The Hall–Kier alpha value is -0.0100. The number of halogens is 1. The van der Waals surface area contributed by atoms with Gasteiger partial charge in [-0.3, -0.25) is 0 Å². The normalized spacial score (nSPS) is 14.6. The van der Waals surface area contributed by atoms with Gasteiger partial charge in [0.2, 0.25) is 0 Å². The third kappa shape index (κ3) is 6.39. The van der Waals surface area contributed by atoms with Gasteiger partial charge in [0.05, 0.1) is 12.7 Å². The fourth-order valence-corrected chi connectivity index (χ4v) is 0.657. The minimum atomic E-state index is 0.329. The Bertz CT molecular complexity index is 110. The third-order valence-electron chi connectivity index (χ3n) is 1.65. The average Bonchev–Trinajstić information content (AvgIpc) is 1.97. The first kappa shape index (κ1) is 11.0. The highest BCUT2D eigenvalue weighted by molar-refractivity contribution is 6.18. The molecule has 0 aliphatic rings. The van der Waals surface area contributed by atoms with Crippen molar-refractivity contribution < 1.29 is 4.74 Å². The quantitative estimate of drug-likeness (QED) is 0.463. The first-order valence-electron chi connectivity index (χ1n) is 4.01. The van der Waals surface area contributed by atoms with Gasteiger partial charge in [-0.15, -0.1) is 11.6 Å². The van der Waals surface area contributed by atoms with Gasteiger partial charge in [0.15, 0.2) is 0 Å². The van der Waals surface area contributed by atoms with E-state index in [4.69, 9.17) is 16.3 Å². The lowest BCUT2D eigenvalue weighted by Gasteiger charge is -2.14. The Labute approximate surface area is 74.4 Å². The first-order chi connectivity index (χ1) is 5.18. The second-order valence-electron chi connectivity index (χ2n) is 2.91. The van der Waals surface area contributed by atoms with Crippen molar-refractivity contribution in [3.8, 4) is 0 Å². The molecule has 0 rings (SSSR count). The topological polar surface area (TPSA) is 9.23 Å². The van der Waals surface area contributed by atoms with Crippen LogP contribution >= 0.6 is 11.6 Å². The molecule has 0 spiro atoms. The van der Waals surface area contributed by atoms with E-state index in [9.17, 15) is 0 Å². The van der Waals surface area contributed by atoms with E-state index in [1.807, 2.05) is 12.2 Å². The van der Waals surface area contributed by atoms with Crippen LogP contribution in [0.15, 0.2) is 12.2 Å². The van der Waals surface area contributed by atoms with Crippen LogP contribution in [0, 0.1) is 5.92 Å². The Morgan fingerprint density at radius 1 is 1.27 bits per heavy atom. The molecule has 0 fully saturated rings. The lowest BCUT2D eigenvalue weighted by Crippen LogP contribution is -2.15. The lowest BCUT2D eigenvalue weighted by molar-refractivity contribution is 0.0546. The van der Waals surface area contributed by atoms with Crippen LogP contribution < -0.4 is 0 Å². The summed E-state index contributed by atoms with van der Waals surface area (Å²) in [6, 6.07) is 0. The summed E-state index contributed by atoms with van der Waals surface area (Å²) in [4.78, 5) is 0. The molecule has 1 atom stereocenters. The molecule has 0 saturated carbocycles. The van der Waals surface area contributed by atoms with Crippen molar-refractivity contribution in [3.05, 3.63) is 12.2 Å². The van der Waals surface area contributed by atoms with Crippen molar-refractivity contribution in [2.45, 2.75) is 26.9 Å². The third-order valence-corrected chi connectivity index (χ3v) is 1.83. The van der Waals surface area contributed by atoms with E-state index < -0.39 is 0 Å². The number of ether oxygens (including phenoxy) is 1. The van der Waals surface area contributed by atoms with E-state index in [2.05, 4.69) is 20.8 Å². The van der Waals surface area contributed by atoms with Gasteiger partial charge in [0, 0.05) is 5.88 Å². The van der Waals surface area contributed by atoms with Crippen molar-refractivity contribution in [1.29, 1.82) is 0 Å². The molecule has 0 radical (unpaired) electrons. The minimum Gasteiger partial charge on any atom is -0.374 e. The Morgan fingerprint density at radius 3 is 2.36 bits per heavy atom. The van der Waals surface area contributed by atoms with Crippen LogP contribution in [0.3, 0.4) is 0 Å². The lowest BCUT2D eigenvalue weighted by atomic mass is 10.1. The predicted octanol–water partition coefficient (Wildman–Crippen LogP) is 2.84. The van der Waals surface area contributed by atoms with Crippen molar-refractivity contribution in [1.82, 2.24) is 0 Å². The first-order valence-corrected chi connectivity index (χ1v) is 4.54. The maximum absolute atomic E-state index is 5.46. The molecule has 0 aromatic rings. The van der Waals surface area contributed by atoms with Gasteiger partial charge in [-0.2, -0.15) is 0 Å². The van der Waals surface area contributed by atoms with Crippen LogP contribution in [-0.4, -0.2) is 18.6 Å². The van der Waals surface area contributed by atoms with Crippen molar-refractivity contribution >= 4 is 11.6 Å². The summed E-state index contributed by atoms with van der Waals surface area (Å²) in [7, 11) is 0. The number of rotatable bonds is 5. The average molecular weight is 177 g/mol. The molecular formula is C9H17ClO. The van der Waals surface area contributed by atoms with Gasteiger partial charge in [0.1, 0.15) is 0 Å². The summed E-state index contributed by atoms with van der Waals surface area (Å²) in [5.74, 6) is 1.15. The largest absolute Gasteiger partial charge is 0.374 e. The number of alkyl halides is 1. The van der Waals surface area contributed by atoms with Crippen LogP contribution in [0.2, 0.25) is 0 Å².